The molecule has 234 valence electrons. The number of ether oxygens (including phenoxy) is 3. The van der Waals surface area contributed by atoms with Gasteiger partial charge in [0.15, 0.2) is 5.58 Å². The molecular formula is C34H35Cl2N5O4. The minimum absolute atomic E-state index is 0.298. The molecule has 0 N–H and O–H groups in total. The second-order valence-electron chi connectivity index (χ2n) is 11.7. The van der Waals surface area contributed by atoms with Crippen molar-refractivity contribution in [1.82, 2.24) is 19.4 Å². The number of para-hydroxylation sites is 2. The van der Waals surface area contributed by atoms with E-state index in [0.717, 1.165) is 65.6 Å². The summed E-state index contributed by atoms with van der Waals surface area (Å²) in [6.07, 6.45) is 5.03. The molecule has 0 amide bonds. The summed E-state index contributed by atoms with van der Waals surface area (Å²) in [5, 5.41) is 1.04. The van der Waals surface area contributed by atoms with Gasteiger partial charge in [-0.1, -0.05) is 41.4 Å². The van der Waals surface area contributed by atoms with Gasteiger partial charge >= 0.3 is 0 Å². The second kappa shape index (κ2) is 12.7. The maximum atomic E-state index is 6.63. The summed E-state index contributed by atoms with van der Waals surface area (Å²) in [5.41, 5.74) is 5.84. The van der Waals surface area contributed by atoms with Crippen molar-refractivity contribution in [3.05, 3.63) is 106 Å². The lowest BCUT2D eigenvalue weighted by molar-refractivity contribution is -0.189. The zero-order chi connectivity index (χ0) is 31.0. The van der Waals surface area contributed by atoms with Gasteiger partial charge in [-0.15, -0.1) is 0 Å². The fraction of sp³-hybridized carbons (Fsp3) is 0.353. The lowest BCUT2D eigenvalue weighted by atomic mass is 10.1. The standard InChI is InChI=1S/C34H35Cl2N5O4/c1-23-15-26(41-13-11-39(12-14-41)18-32-38-30-5-3-4-6-31(30)44-32)16-24(2)33(23)42-19-27-20-43-34(45-27,21-40-10-9-37-22-40)28-8-7-25(35)17-29(28)36/h3-10,15-17,22,27H,11-14,18-21H2,1-2H3/t27-,34-/m1/s1. The summed E-state index contributed by atoms with van der Waals surface area (Å²) in [6, 6.07) is 17.7. The molecule has 0 radical (unpaired) electrons. The number of aromatic nitrogens is 3. The van der Waals surface area contributed by atoms with Crippen LogP contribution in [-0.4, -0.2) is 64.9 Å². The molecule has 2 saturated heterocycles. The number of piperazine rings is 1. The van der Waals surface area contributed by atoms with Gasteiger partial charge in [-0.3, -0.25) is 4.90 Å². The molecular weight excluding hydrogens is 613 g/mol. The first-order valence-electron chi connectivity index (χ1n) is 15.1. The largest absolute Gasteiger partial charge is 0.490 e. The van der Waals surface area contributed by atoms with Gasteiger partial charge in [0.2, 0.25) is 11.7 Å². The first kappa shape index (κ1) is 30.1. The highest BCUT2D eigenvalue weighted by Gasteiger charge is 2.45. The minimum atomic E-state index is -1.09. The molecule has 5 aromatic rings. The van der Waals surface area contributed by atoms with Gasteiger partial charge in [-0.2, -0.15) is 0 Å². The Morgan fingerprint density at radius 3 is 2.53 bits per heavy atom. The van der Waals surface area contributed by atoms with Crippen LogP contribution < -0.4 is 9.64 Å². The molecule has 2 fully saturated rings. The number of halogens is 2. The lowest BCUT2D eigenvalue weighted by Gasteiger charge is -2.36. The predicted molar refractivity (Wildman–Crippen MR) is 174 cm³/mol. The van der Waals surface area contributed by atoms with Gasteiger partial charge in [-0.25, -0.2) is 9.97 Å². The molecule has 45 heavy (non-hydrogen) atoms. The topological polar surface area (TPSA) is 78.0 Å². The van der Waals surface area contributed by atoms with E-state index in [4.69, 9.17) is 41.8 Å². The highest BCUT2D eigenvalue weighted by molar-refractivity contribution is 6.35. The molecule has 9 nitrogen and oxygen atoms in total. The Balaban J connectivity index is 0.981. The fourth-order valence-corrected chi connectivity index (χ4v) is 6.78. The molecule has 2 aromatic heterocycles. The third kappa shape index (κ3) is 6.41. The number of nitrogens with zero attached hydrogens (tertiary/aromatic N) is 5. The van der Waals surface area contributed by atoms with Crippen LogP contribution in [0.4, 0.5) is 5.69 Å². The maximum absolute atomic E-state index is 6.63. The zero-order valence-corrected chi connectivity index (χ0v) is 26.8. The van der Waals surface area contributed by atoms with E-state index in [1.54, 1.807) is 24.7 Å². The summed E-state index contributed by atoms with van der Waals surface area (Å²) in [7, 11) is 0. The minimum Gasteiger partial charge on any atom is -0.490 e. The van der Waals surface area contributed by atoms with Crippen molar-refractivity contribution in [3.63, 3.8) is 0 Å². The van der Waals surface area contributed by atoms with Crippen molar-refractivity contribution in [2.24, 2.45) is 0 Å². The number of benzene rings is 3. The third-order valence-corrected chi connectivity index (χ3v) is 8.99. The van der Waals surface area contributed by atoms with E-state index in [9.17, 15) is 0 Å². The van der Waals surface area contributed by atoms with Crippen LogP contribution in [0.2, 0.25) is 10.0 Å². The highest BCUT2D eigenvalue weighted by Crippen LogP contribution is 2.41. The Labute approximate surface area is 272 Å². The number of hydrogen-bond donors (Lipinski definition) is 0. The van der Waals surface area contributed by atoms with E-state index in [1.165, 1.54) is 5.69 Å². The number of aryl methyl sites for hydroxylation is 2. The van der Waals surface area contributed by atoms with Crippen molar-refractivity contribution in [3.8, 4) is 5.75 Å². The smallest absolute Gasteiger partial charge is 0.215 e. The third-order valence-electron chi connectivity index (χ3n) is 8.44. The van der Waals surface area contributed by atoms with E-state index in [1.807, 2.05) is 41.1 Å². The van der Waals surface area contributed by atoms with Crippen LogP contribution in [0.1, 0.15) is 22.6 Å². The Morgan fingerprint density at radius 2 is 1.80 bits per heavy atom. The Bertz CT molecular complexity index is 1730. The SMILES string of the molecule is Cc1cc(N2CCN(Cc3nc4ccccc4o3)CC2)cc(C)c1OC[C@@H]1CO[C@@](Cn2ccnc2)(c2ccc(Cl)cc2Cl)O1. The number of rotatable bonds is 9. The Kier molecular flexibility index (Phi) is 8.46. The Morgan fingerprint density at radius 1 is 1.00 bits per heavy atom. The summed E-state index contributed by atoms with van der Waals surface area (Å²) < 4.78 is 27.2. The predicted octanol–water partition coefficient (Wildman–Crippen LogP) is 6.62. The van der Waals surface area contributed by atoms with E-state index in [-0.39, 0.29) is 6.10 Å². The number of imidazole rings is 1. The average Bonchev–Trinajstić information content (AvgIpc) is 3.78. The molecule has 11 heteroatoms. The second-order valence-corrected chi connectivity index (χ2v) is 12.6. The monoisotopic (exact) mass is 647 g/mol. The molecule has 0 unspecified atom stereocenters. The molecule has 7 rings (SSSR count). The molecule has 2 atom stereocenters. The first-order valence-corrected chi connectivity index (χ1v) is 15.9. The highest BCUT2D eigenvalue weighted by atomic mass is 35.5. The number of anilines is 1. The average molecular weight is 649 g/mol. The summed E-state index contributed by atoms with van der Waals surface area (Å²) >= 11 is 12.8. The van der Waals surface area contributed by atoms with Gasteiger partial charge < -0.3 is 28.1 Å². The van der Waals surface area contributed by atoms with Crippen molar-refractivity contribution in [1.29, 1.82) is 0 Å². The molecule has 0 bridgehead atoms. The summed E-state index contributed by atoms with van der Waals surface area (Å²) in [6.45, 7) is 9.73. The number of hydrogen-bond acceptors (Lipinski definition) is 8. The van der Waals surface area contributed by atoms with Crippen LogP contribution >= 0.6 is 23.2 Å². The maximum Gasteiger partial charge on any atom is 0.215 e. The van der Waals surface area contributed by atoms with E-state index >= 15 is 0 Å². The molecule has 4 heterocycles. The number of fused-ring (bicyclic) bond motifs is 1. The normalized spacial score (nSPS) is 20.7. The molecule has 2 aliphatic rings. The van der Waals surface area contributed by atoms with Crippen molar-refractivity contribution in [2.75, 3.05) is 44.3 Å². The lowest BCUT2D eigenvalue weighted by Crippen LogP contribution is -2.46. The van der Waals surface area contributed by atoms with Crippen LogP contribution in [0.5, 0.6) is 5.75 Å². The van der Waals surface area contributed by atoms with Crippen LogP contribution in [0.25, 0.3) is 11.1 Å². The molecule has 0 saturated carbocycles. The molecule has 0 aliphatic carbocycles. The van der Waals surface area contributed by atoms with Crippen LogP contribution in [0, 0.1) is 13.8 Å². The van der Waals surface area contributed by atoms with Crippen LogP contribution in [-0.2, 0) is 28.4 Å². The van der Waals surface area contributed by atoms with Crippen LogP contribution in [0.15, 0.2) is 77.7 Å². The van der Waals surface area contributed by atoms with E-state index < -0.39 is 5.79 Å². The Hall–Kier alpha value is -3.60. The first-order chi connectivity index (χ1) is 21.8. The van der Waals surface area contributed by atoms with E-state index in [2.05, 4.69) is 45.7 Å². The van der Waals surface area contributed by atoms with E-state index in [0.29, 0.717) is 36.3 Å². The van der Waals surface area contributed by atoms with Crippen LogP contribution in [0.3, 0.4) is 0 Å². The van der Waals surface area contributed by atoms with Gasteiger partial charge in [-0.05, 0) is 61.4 Å². The van der Waals surface area contributed by atoms with Crippen molar-refractivity contribution >= 4 is 40.0 Å². The molecule has 3 aromatic carbocycles. The molecule has 2 aliphatic heterocycles. The van der Waals surface area contributed by atoms with Gasteiger partial charge in [0.1, 0.15) is 24.0 Å². The van der Waals surface area contributed by atoms with Crippen molar-refractivity contribution < 1.29 is 18.6 Å². The number of oxazole rings is 1. The quantitative estimate of drug-likeness (QED) is 0.177. The van der Waals surface area contributed by atoms with Gasteiger partial charge in [0, 0.05) is 54.8 Å². The van der Waals surface area contributed by atoms with Gasteiger partial charge in [0.25, 0.3) is 0 Å². The summed E-state index contributed by atoms with van der Waals surface area (Å²) in [5.74, 6) is 0.547. The zero-order valence-electron chi connectivity index (χ0n) is 25.3. The fourth-order valence-electron chi connectivity index (χ4n) is 6.23. The van der Waals surface area contributed by atoms with Gasteiger partial charge in [0.05, 0.1) is 31.0 Å². The molecule has 0 spiro atoms. The van der Waals surface area contributed by atoms with Crippen molar-refractivity contribution in [2.45, 2.75) is 38.8 Å². The summed E-state index contributed by atoms with van der Waals surface area (Å²) in [4.78, 5) is 13.6.